The molecule has 0 bridgehead atoms. The molecule has 112 valence electrons. The van der Waals surface area contributed by atoms with E-state index < -0.39 is 10.0 Å². The van der Waals surface area contributed by atoms with Crippen molar-refractivity contribution < 1.29 is 8.42 Å². The monoisotopic (exact) mass is 316 g/mol. The topological polar surface area (TPSA) is 59.1 Å². The molecule has 1 heterocycles. The van der Waals surface area contributed by atoms with Crippen LogP contribution in [0.1, 0.15) is 37.8 Å². The summed E-state index contributed by atoms with van der Waals surface area (Å²) >= 11 is 6.27. The molecule has 0 aromatic carbocycles. The number of rotatable bonds is 5. The van der Waals surface area contributed by atoms with Crippen molar-refractivity contribution in [2.45, 2.75) is 49.9 Å². The zero-order chi connectivity index (χ0) is 14.4. The van der Waals surface area contributed by atoms with E-state index in [0.29, 0.717) is 6.42 Å². The Bertz CT molecular complexity index is 507. The Morgan fingerprint density at radius 3 is 2.80 bits per heavy atom. The number of alkyl halides is 1. The molecule has 6 heteroatoms. The lowest BCUT2D eigenvalue weighted by Crippen LogP contribution is -2.41. The molecular formula is C14H21ClN2O2S. The van der Waals surface area contributed by atoms with Crippen molar-refractivity contribution in [2.24, 2.45) is 0 Å². The summed E-state index contributed by atoms with van der Waals surface area (Å²) in [7, 11) is -3.30. The summed E-state index contributed by atoms with van der Waals surface area (Å²) in [6.45, 7) is 0. The summed E-state index contributed by atoms with van der Waals surface area (Å²) in [6.07, 6.45) is 7.07. The van der Waals surface area contributed by atoms with Crippen LogP contribution in [0.25, 0.3) is 0 Å². The third kappa shape index (κ3) is 5.04. The first-order chi connectivity index (χ1) is 9.57. The highest BCUT2D eigenvalue weighted by molar-refractivity contribution is 7.89. The van der Waals surface area contributed by atoms with Gasteiger partial charge in [-0.15, -0.1) is 11.6 Å². The van der Waals surface area contributed by atoms with E-state index in [2.05, 4.69) is 9.71 Å². The van der Waals surface area contributed by atoms with E-state index in [0.717, 1.165) is 37.8 Å². The van der Waals surface area contributed by atoms with Crippen molar-refractivity contribution in [3.63, 3.8) is 0 Å². The molecule has 2 atom stereocenters. The molecule has 1 aliphatic carbocycles. The molecule has 1 fully saturated rings. The zero-order valence-corrected chi connectivity index (χ0v) is 13.0. The minimum atomic E-state index is -3.30. The van der Waals surface area contributed by atoms with Crippen LogP contribution in [-0.4, -0.2) is 30.6 Å². The molecule has 0 amide bonds. The molecule has 0 spiro atoms. The van der Waals surface area contributed by atoms with E-state index in [-0.39, 0.29) is 17.2 Å². The van der Waals surface area contributed by atoms with Gasteiger partial charge in [-0.3, -0.25) is 4.98 Å². The molecule has 0 radical (unpaired) electrons. The highest BCUT2D eigenvalue weighted by Gasteiger charge is 2.25. The Kier molecular flexibility index (Phi) is 5.81. The lowest BCUT2D eigenvalue weighted by atomic mass is 10.1. The lowest BCUT2D eigenvalue weighted by Gasteiger charge is -2.21. The maximum atomic E-state index is 12.1. The fraction of sp³-hybridized carbons (Fsp3) is 0.643. The van der Waals surface area contributed by atoms with Crippen LogP contribution in [0.15, 0.2) is 24.4 Å². The second kappa shape index (κ2) is 7.38. The largest absolute Gasteiger partial charge is 0.261 e. The third-order valence-electron chi connectivity index (χ3n) is 3.62. The highest BCUT2D eigenvalue weighted by Crippen LogP contribution is 2.22. The number of nitrogens with one attached hydrogen (secondary N) is 1. The maximum absolute atomic E-state index is 12.1. The standard InChI is InChI=1S/C14H21ClN2O2S/c15-13-7-2-1-3-8-14(13)17-20(18,19)11-9-12-6-4-5-10-16-12/h4-6,10,13-14,17H,1-3,7-9,11H2. The summed E-state index contributed by atoms with van der Waals surface area (Å²) in [5.74, 6) is 0.0596. The fourth-order valence-electron chi connectivity index (χ4n) is 2.47. The van der Waals surface area contributed by atoms with Gasteiger partial charge in [0.1, 0.15) is 0 Å². The third-order valence-corrected chi connectivity index (χ3v) is 5.54. The predicted octanol–water partition coefficient (Wildman–Crippen LogP) is 2.48. The highest BCUT2D eigenvalue weighted by atomic mass is 35.5. The Hall–Kier alpha value is -0.650. The summed E-state index contributed by atoms with van der Waals surface area (Å²) < 4.78 is 27.0. The number of aryl methyl sites for hydroxylation is 1. The average Bonchev–Trinajstić information content (AvgIpc) is 2.63. The van der Waals surface area contributed by atoms with Crippen molar-refractivity contribution in [2.75, 3.05) is 5.75 Å². The molecule has 1 aliphatic rings. The number of sulfonamides is 1. The maximum Gasteiger partial charge on any atom is 0.212 e. The van der Waals surface area contributed by atoms with Crippen LogP contribution in [0, 0.1) is 0 Å². The number of hydrogen-bond acceptors (Lipinski definition) is 3. The van der Waals surface area contributed by atoms with Crippen LogP contribution in [-0.2, 0) is 16.4 Å². The Balaban J connectivity index is 1.89. The minimum Gasteiger partial charge on any atom is -0.261 e. The normalized spacial score (nSPS) is 24.2. The van der Waals surface area contributed by atoms with E-state index in [1.54, 1.807) is 6.20 Å². The quantitative estimate of drug-likeness (QED) is 0.670. The first-order valence-electron chi connectivity index (χ1n) is 7.11. The van der Waals surface area contributed by atoms with Crippen LogP contribution < -0.4 is 4.72 Å². The van der Waals surface area contributed by atoms with Crippen molar-refractivity contribution >= 4 is 21.6 Å². The van der Waals surface area contributed by atoms with Gasteiger partial charge in [0.25, 0.3) is 0 Å². The minimum absolute atomic E-state index is 0.0596. The van der Waals surface area contributed by atoms with Crippen LogP contribution in [0.3, 0.4) is 0 Å². The van der Waals surface area contributed by atoms with Crippen molar-refractivity contribution in [3.05, 3.63) is 30.1 Å². The van der Waals surface area contributed by atoms with E-state index in [1.165, 1.54) is 0 Å². The van der Waals surface area contributed by atoms with Gasteiger partial charge in [0.05, 0.1) is 5.75 Å². The Morgan fingerprint density at radius 2 is 2.05 bits per heavy atom. The van der Waals surface area contributed by atoms with Crippen LogP contribution in [0.4, 0.5) is 0 Å². The first-order valence-corrected chi connectivity index (χ1v) is 9.20. The van der Waals surface area contributed by atoms with Crippen LogP contribution in [0.5, 0.6) is 0 Å². The van der Waals surface area contributed by atoms with Gasteiger partial charge in [-0.1, -0.05) is 25.3 Å². The van der Waals surface area contributed by atoms with Crippen LogP contribution in [0.2, 0.25) is 0 Å². The van der Waals surface area contributed by atoms with Crippen LogP contribution >= 0.6 is 11.6 Å². The summed E-state index contributed by atoms with van der Waals surface area (Å²) in [4.78, 5) is 4.14. The molecule has 1 N–H and O–H groups in total. The van der Waals surface area contributed by atoms with Crippen molar-refractivity contribution in [1.82, 2.24) is 9.71 Å². The molecular weight excluding hydrogens is 296 g/mol. The number of hydrogen-bond donors (Lipinski definition) is 1. The van der Waals surface area contributed by atoms with E-state index >= 15 is 0 Å². The Morgan fingerprint density at radius 1 is 1.25 bits per heavy atom. The smallest absolute Gasteiger partial charge is 0.212 e. The Labute approximate surface area is 126 Å². The van der Waals surface area contributed by atoms with E-state index in [4.69, 9.17) is 11.6 Å². The molecule has 1 saturated carbocycles. The van der Waals surface area contributed by atoms with E-state index in [1.807, 2.05) is 18.2 Å². The number of aromatic nitrogens is 1. The van der Waals surface area contributed by atoms with Crippen molar-refractivity contribution in [1.29, 1.82) is 0 Å². The molecule has 0 aliphatic heterocycles. The van der Waals surface area contributed by atoms with Gasteiger partial charge in [0.2, 0.25) is 10.0 Å². The second-order valence-corrected chi connectivity index (χ2v) is 7.70. The van der Waals surface area contributed by atoms with Gasteiger partial charge in [-0.05, 0) is 25.0 Å². The fourth-order valence-corrected chi connectivity index (χ4v) is 4.23. The molecule has 2 rings (SSSR count). The van der Waals surface area contributed by atoms with Crippen molar-refractivity contribution in [3.8, 4) is 0 Å². The molecule has 1 aromatic heterocycles. The number of nitrogens with zero attached hydrogens (tertiary/aromatic N) is 1. The van der Waals surface area contributed by atoms with Gasteiger partial charge in [0, 0.05) is 29.7 Å². The summed E-state index contributed by atoms with van der Waals surface area (Å²) in [6, 6.07) is 5.39. The molecule has 4 nitrogen and oxygen atoms in total. The van der Waals surface area contributed by atoms with Gasteiger partial charge >= 0.3 is 0 Å². The summed E-state index contributed by atoms with van der Waals surface area (Å²) in [5, 5.41) is -0.0953. The van der Waals surface area contributed by atoms with Gasteiger partial charge in [-0.2, -0.15) is 0 Å². The molecule has 20 heavy (non-hydrogen) atoms. The number of pyridine rings is 1. The van der Waals surface area contributed by atoms with Gasteiger partial charge in [-0.25, -0.2) is 13.1 Å². The number of halogens is 1. The average molecular weight is 317 g/mol. The molecule has 0 saturated heterocycles. The van der Waals surface area contributed by atoms with Gasteiger partial charge in [0.15, 0.2) is 0 Å². The molecule has 1 aromatic rings. The van der Waals surface area contributed by atoms with Gasteiger partial charge < -0.3 is 0 Å². The lowest BCUT2D eigenvalue weighted by molar-refractivity contribution is 0.514. The zero-order valence-electron chi connectivity index (χ0n) is 11.5. The second-order valence-electron chi connectivity index (χ2n) is 5.27. The van der Waals surface area contributed by atoms with E-state index in [9.17, 15) is 8.42 Å². The predicted molar refractivity (Wildman–Crippen MR) is 81.4 cm³/mol. The molecule has 2 unspecified atom stereocenters. The SMILES string of the molecule is O=S(=O)(CCc1ccccn1)NC1CCCCCC1Cl. The summed E-state index contributed by atoms with van der Waals surface area (Å²) in [5.41, 5.74) is 0.793. The first kappa shape index (κ1) is 15.7.